The Labute approximate surface area is 132 Å². The number of benzene rings is 2. The number of amides is 1. The third-order valence-electron chi connectivity index (χ3n) is 3.36. The molecule has 0 saturated heterocycles. The summed E-state index contributed by atoms with van der Waals surface area (Å²) in [5.74, 6) is 0.0157. The number of anilines is 1. The van der Waals surface area contributed by atoms with Gasteiger partial charge < -0.3 is 9.84 Å². The summed E-state index contributed by atoms with van der Waals surface area (Å²) in [6.45, 7) is 1.98. The van der Waals surface area contributed by atoms with E-state index < -0.39 is 0 Å². The number of hydrogen-bond acceptors (Lipinski definition) is 3. The van der Waals surface area contributed by atoms with E-state index in [1.54, 1.807) is 18.2 Å². The summed E-state index contributed by atoms with van der Waals surface area (Å²) in [6, 6.07) is 15.1. The number of nitrogens with zero attached hydrogens (tertiary/aromatic N) is 1. The lowest BCUT2D eigenvalue weighted by molar-refractivity contribution is -0.115. The van der Waals surface area contributed by atoms with Crippen molar-refractivity contribution >= 4 is 11.6 Å². The number of carbonyl (C=O) groups is 1. The fourth-order valence-electron chi connectivity index (χ4n) is 2.15. The number of hydrogen-bond donors (Lipinski definition) is 1. The largest absolute Gasteiger partial charge is 0.356 e. The first-order chi connectivity index (χ1) is 11.1. The van der Waals surface area contributed by atoms with E-state index in [0.29, 0.717) is 17.0 Å². The predicted octanol–water partition coefficient (Wildman–Crippen LogP) is 3.97. The number of aromatic nitrogens is 1. The molecule has 0 spiro atoms. The van der Waals surface area contributed by atoms with E-state index >= 15 is 0 Å². The van der Waals surface area contributed by atoms with E-state index in [4.69, 9.17) is 4.52 Å². The minimum absolute atomic E-state index is 0.110. The Morgan fingerprint density at radius 3 is 2.52 bits per heavy atom. The van der Waals surface area contributed by atoms with Crippen molar-refractivity contribution in [3.8, 4) is 11.3 Å². The lowest BCUT2D eigenvalue weighted by Crippen LogP contribution is -2.14. The lowest BCUT2D eigenvalue weighted by atomic mass is 10.1. The summed E-state index contributed by atoms with van der Waals surface area (Å²) in [5.41, 5.74) is 3.10. The first-order valence-electron chi connectivity index (χ1n) is 7.18. The molecule has 0 radical (unpaired) electrons. The third kappa shape index (κ3) is 3.83. The normalized spacial score (nSPS) is 10.5. The van der Waals surface area contributed by atoms with Gasteiger partial charge in [-0.05, 0) is 43.3 Å². The highest BCUT2D eigenvalue weighted by Crippen LogP contribution is 2.21. The molecule has 3 rings (SSSR count). The molecule has 0 aliphatic rings. The zero-order valence-corrected chi connectivity index (χ0v) is 12.5. The Kier molecular flexibility index (Phi) is 4.19. The van der Waals surface area contributed by atoms with Crippen LogP contribution in [0.1, 0.15) is 11.3 Å². The van der Waals surface area contributed by atoms with Gasteiger partial charge in [0.15, 0.2) is 5.76 Å². The van der Waals surface area contributed by atoms with E-state index in [0.717, 1.165) is 11.3 Å². The van der Waals surface area contributed by atoms with Gasteiger partial charge in [0.25, 0.3) is 0 Å². The summed E-state index contributed by atoms with van der Waals surface area (Å²) < 4.78 is 18.1. The van der Waals surface area contributed by atoms with Gasteiger partial charge in [0.1, 0.15) is 5.82 Å². The number of nitrogens with one attached hydrogen (secondary N) is 1. The smallest absolute Gasteiger partial charge is 0.230 e. The molecule has 1 heterocycles. The monoisotopic (exact) mass is 310 g/mol. The van der Waals surface area contributed by atoms with Gasteiger partial charge in [0, 0.05) is 17.3 Å². The quantitative estimate of drug-likeness (QED) is 0.793. The van der Waals surface area contributed by atoms with Crippen LogP contribution in [0.4, 0.5) is 10.1 Å². The second-order valence-corrected chi connectivity index (χ2v) is 5.28. The molecule has 2 aromatic carbocycles. The summed E-state index contributed by atoms with van der Waals surface area (Å²) in [4.78, 5) is 12.0. The maximum atomic E-state index is 12.9. The van der Waals surface area contributed by atoms with Gasteiger partial charge in [-0.25, -0.2) is 4.39 Å². The van der Waals surface area contributed by atoms with E-state index in [2.05, 4.69) is 10.5 Å². The summed E-state index contributed by atoms with van der Waals surface area (Å²) in [6.07, 6.45) is 0.110. The van der Waals surface area contributed by atoms with Gasteiger partial charge in [0.05, 0.1) is 12.1 Å². The fraction of sp³-hybridized carbons (Fsp3) is 0.111. The second-order valence-electron chi connectivity index (χ2n) is 5.28. The standard InChI is InChI=1S/C18H15FN2O2/c1-12-2-8-15(9-3-12)20-18(22)11-16-10-17(23-21-16)13-4-6-14(19)7-5-13/h2-10H,11H2,1H3,(H,20,22). The molecule has 0 fully saturated rings. The maximum Gasteiger partial charge on any atom is 0.230 e. The van der Waals surface area contributed by atoms with Gasteiger partial charge in [0.2, 0.25) is 5.91 Å². The van der Waals surface area contributed by atoms with Crippen LogP contribution in [0, 0.1) is 12.7 Å². The molecule has 1 N–H and O–H groups in total. The molecular formula is C18H15FN2O2. The number of carbonyl (C=O) groups excluding carboxylic acids is 1. The first kappa shape index (κ1) is 15.0. The average molecular weight is 310 g/mol. The molecule has 0 aliphatic carbocycles. The summed E-state index contributed by atoms with van der Waals surface area (Å²) in [7, 11) is 0. The Hall–Kier alpha value is -2.95. The SMILES string of the molecule is Cc1ccc(NC(=O)Cc2cc(-c3ccc(F)cc3)on2)cc1. The first-order valence-corrected chi connectivity index (χ1v) is 7.18. The van der Waals surface area contributed by atoms with Crippen LogP contribution in [0.2, 0.25) is 0 Å². The van der Waals surface area contributed by atoms with Crippen molar-refractivity contribution in [2.45, 2.75) is 13.3 Å². The molecule has 1 aromatic heterocycles. The third-order valence-corrected chi connectivity index (χ3v) is 3.36. The number of halogens is 1. The van der Waals surface area contributed by atoms with Crippen molar-refractivity contribution in [3.63, 3.8) is 0 Å². The number of rotatable bonds is 4. The molecule has 3 aromatic rings. The van der Waals surface area contributed by atoms with Crippen LogP contribution in [0.5, 0.6) is 0 Å². The minimum atomic E-state index is -0.314. The maximum absolute atomic E-state index is 12.9. The van der Waals surface area contributed by atoms with Crippen LogP contribution in [-0.4, -0.2) is 11.1 Å². The molecule has 1 amide bonds. The Morgan fingerprint density at radius 2 is 1.83 bits per heavy atom. The Morgan fingerprint density at radius 1 is 1.13 bits per heavy atom. The van der Waals surface area contributed by atoms with Crippen LogP contribution >= 0.6 is 0 Å². The molecule has 0 aliphatic heterocycles. The molecule has 0 unspecified atom stereocenters. The summed E-state index contributed by atoms with van der Waals surface area (Å²) >= 11 is 0. The van der Waals surface area contributed by atoms with E-state index in [1.165, 1.54) is 12.1 Å². The van der Waals surface area contributed by atoms with Crippen molar-refractivity contribution in [1.29, 1.82) is 0 Å². The topological polar surface area (TPSA) is 55.1 Å². The molecule has 0 bridgehead atoms. The van der Waals surface area contributed by atoms with E-state index in [-0.39, 0.29) is 18.1 Å². The van der Waals surface area contributed by atoms with Gasteiger partial charge in [-0.1, -0.05) is 22.9 Å². The fourth-order valence-corrected chi connectivity index (χ4v) is 2.15. The molecule has 0 atom stereocenters. The van der Waals surface area contributed by atoms with Gasteiger partial charge in [-0.3, -0.25) is 4.79 Å². The molecule has 0 saturated carbocycles. The highest BCUT2D eigenvalue weighted by molar-refractivity contribution is 5.92. The van der Waals surface area contributed by atoms with Crippen molar-refractivity contribution in [2.75, 3.05) is 5.32 Å². The average Bonchev–Trinajstić information content (AvgIpc) is 2.98. The van der Waals surface area contributed by atoms with Crippen LogP contribution in [0.15, 0.2) is 59.1 Å². The van der Waals surface area contributed by atoms with Crippen molar-refractivity contribution in [2.24, 2.45) is 0 Å². The van der Waals surface area contributed by atoms with Crippen LogP contribution in [-0.2, 0) is 11.2 Å². The Balaban J connectivity index is 1.65. The predicted molar refractivity (Wildman–Crippen MR) is 85.4 cm³/mol. The van der Waals surface area contributed by atoms with Gasteiger partial charge >= 0.3 is 0 Å². The van der Waals surface area contributed by atoms with Crippen LogP contribution < -0.4 is 5.32 Å². The highest BCUT2D eigenvalue weighted by atomic mass is 19.1. The van der Waals surface area contributed by atoms with Crippen LogP contribution in [0.3, 0.4) is 0 Å². The Bertz CT molecular complexity index is 808. The zero-order valence-electron chi connectivity index (χ0n) is 12.5. The van der Waals surface area contributed by atoms with E-state index in [9.17, 15) is 9.18 Å². The van der Waals surface area contributed by atoms with Gasteiger partial charge in [-0.2, -0.15) is 0 Å². The molecule has 116 valence electrons. The van der Waals surface area contributed by atoms with Gasteiger partial charge in [-0.15, -0.1) is 0 Å². The van der Waals surface area contributed by atoms with Crippen molar-refractivity contribution in [3.05, 3.63) is 71.7 Å². The molecule has 5 heteroatoms. The van der Waals surface area contributed by atoms with E-state index in [1.807, 2.05) is 31.2 Å². The highest BCUT2D eigenvalue weighted by Gasteiger charge is 2.11. The number of aryl methyl sites for hydroxylation is 1. The molecule has 4 nitrogen and oxygen atoms in total. The lowest BCUT2D eigenvalue weighted by Gasteiger charge is -2.03. The molecular weight excluding hydrogens is 295 g/mol. The molecule has 23 heavy (non-hydrogen) atoms. The minimum Gasteiger partial charge on any atom is -0.356 e. The van der Waals surface area contributed by atoms with Crippen LogP contribution in [0.25, 0.3) is 11.3 Å². The van der Waals surface area contributed by atoms with Crippen molar-refractivity contribution < 1.29 is 13.7 Å². The zero-order chi connectivity index (χ0) is 16.2. The summed E-state index contributed by atoms with van der Waals surface area (Å²) in [5, 5.41) is 6.69. The second kappa shape index (κ2) is 6.44. The van der Waals surface area contributed by atoms with Crippen molar-refractivity contribution in [1.82, 2.24) is 5.16 Å².